The Morgan fingerprint density at radius 3 is 2.55 bits per heavy atom. The van der Waals surface area contributed by atoms with E-state index in [0.29, 0.717) is 42.2 Å². The topological polar surface area (TPSA) is 61.9 Å². The third-order valence-corrected chi connectivity index (χ3v) is 7.90. The van der Waals surface area contributed by atoms with Crippen LogP contribution in [0.1, 0.15) is 45.1 Å². The number of hydrogen-bond donors (Lipinski definition) is 1. The standard InChI is InChI=1S/C25H37N3O3/c1-17-14-24-22(23(17)16-26-20-9-11-27(12-10-20)18(2)29)15-25(30)28(24)13-8-19-4-6-21(31-3)7-5-19/h4-7,17,20,22-24,26H,8-16H2,1-3H3/t17-,22-,23+,24+/m0/s1. The molecule has 1 aliphatic carbocycles. The smallest absolute Gasteiger partial charge is 0.223 e. The zero-order valence-electron chi connectivity index (χ0n) is 19.2. The second-order valence-electron chi connectivity index (χ2n) is 9.69. The van der Waals surface area contributed by atoms with Gasteiger partial charge in [-0.1, -0.05) is 19.1 Å². The second-order valence-corrected chi connectivity index (χ2v) is 9.69. The molecule has 170 valence electrons. The predicted octanol–water partition coefficient (Wildman–Crippen LogP) is 2.71. The van der Waals surface area contributed by atoms with Crippen LogP contribution in [0.3, 0.4) is 0 Å². The Morgan fingerprint density at radius 2 is 1.90 bits per heavy atom. The summed E-state index contributed by atoms with van der Waals surface area (Å²) in [5.41, 5.74) is 1.25. The summed E-state index contributed by atoms with van der Waals surface area (Å²) >= 11 is 0. The highest BCUT2D eigenvalue weighted by molar-refractivity contribution is 5.79. The Morgan fingerprint density at radius 1 is 1.19 bits per heavy atom. The van der Waals surface area contributed by atoms with Crippen molar-refractivity contribution in [3.8, 4) is 5.75 Å². The molecule has 0 unspecified atom stereocenters. The minimum Gasteiger partial charge on any atom is -0.497 e. The highest BCUT2D eigenvalue weighted by Gasteiger charge is 2.50. The Kier molecular flexibility index (Phi) is 6.85. The zero-order chi connectivity index (χ0) is 22.0. The maximum atomic E-state index is 12.8. The first-order chi connectivity index (χ1) is 15.0. The molecule has 6 nitrogen and oxygen atoms in total. The number of nitrogens with one attached hydrogen (secondary N) is 1. The number of likely N-dealkylation sites (tertiary alicyclic amines) is 2. The molecule has 1 saturated carbocycles. The molecule has 2 saturated heterocycles. The summed E-state index contributed by atoms with van der Waals surface area (Å²) in [6.07, 6.45) is 4.77. The predicted molar refractivity (Wildman–Crippen MR) is 121 cm³/mol. The second kappa shape index (κ2) is 9.60. The Hall–Kier alpha value is -2.08. The third-order valence-electron chi connectivity index (χ3n) is 7.90. The van der Waals surface area contributed by atoms with Crippen LogP contribution >= 0.6 is 0 Å². The molecule has 2 heterocycles. The normalized spacial score (nSPS) is 28.8. The molecule has 31 heavy (non-hydrogen) atoms. The number of hydrogen-bond acceptors (Lipinski definition) is 4. The highest BCUT2D eigenvalue weighted by atomic mass is 16.5. The monoisotopic (exact) mass is 427 g/mol. The van der Waals surface area contributed by atoms with E-state index in [9.17, 15) is 9.59 Å². The van der Waals surface area contributed by atoms with Crippen LogP contribution < -0.4 is 10.1 Å². The average Bonchev–Trinajstić information content (AvgIpc) is 3.24. The molecule has 3 fully saturated rings. The van der Waals surface area contributed by atoms with E-state index in [1.54, 1.807) is 14.0 Å². The maximum Gasteiger partial charge on any atom is 0.223 e. The number of ether oxygens (including phenoxy) is 1. The fourth-order valence-electron chi connectivity index (χ4n) is 5.97. The highest BCUT2D eigenvalue weighted by Crippen LogP contribution is 2.45. The molecule has 0 aromatic heterocycles. The van der Waals surface area contributed by atoms with E-state index in [1.165, 1.54) is 5.56 Å². The lowest BCUT2D eigenvalue weighted by atomic mass is 9.88. The molecule has 4 atom stereocenters. The average molecular weight is 428 g/mol. The van der Waals surface area contributed by atoms with Gasteiger partial charge in [0.2, 0.25) is 11.8 Å². The van der Waals surface area contributed by atoms with Gasteiger partial charge in [-0.3, -0.25) is 9.59 Å². The summed E-state index contributed by atoms with van der Waals surface area (Å²) in [6, 6.07) is 9.06. The van der Waals surface area contributed by atoms with Gasteiger partial charge < -0.3 is 19.9 Å². The summed E-state index contributed by atoms with van der Waals surface area (Å²) in [5, 5.41) is 3.78. The molecule has 1 aromatic carbocycles. The summed E-state index contributed by atoms with van der Waals surface area (Å²) in [4.78, 5) is 28.5. The minimum atomic E-state index is 0.185. The number of rotatable bonds is 7. The lowest BCUT2D eigenvalue weighted by Crippen LogP contribution is -2.46. The van der Waals surface area contributed by atoms with Crippen molar-refractivity contribution in [1.82, 2.24) is 15.1 Å². The molecule has 0 bridgehead atoms. The van der Waals surface area contributed by atoms with E-state index < -0.39 is 0 Å². The van der Waals surface area contributed by atoms with Gasteiger partial charge in [0.05, 0.1) is 7.11 Å². The summed E-state index contributed by atoms with van der Waals surface area (Å²) < 4.78 is 5.24. The Bertz CT molecular complexity index is 773. The van der Waals surface area contributed by atoms with E-state index in [0.717, 1.165) is 57.6 Å². The number of nitrogens with zero attached hydrogens (tertiary/aromatic N) is 2. The van der Waals surface area contributed by atoms with Crippen molar-refractivity contribution in [2.24, 2.45) is 17.8 Å². The first-order valence-corrected chi connectivity index (χ1v) is 11.9. The van der Waals surface area contributed by atoms with Gasteiger partial charge in [-0.2, -0.15) is 0 Å². The van der Waals surface area contributed by atoms with E-state index in [1.807, 2.05) is 17.0 Å². The molecule has 1 N–H and O–H groups in total. The Balaban J connectivity index is 1.29. The first-order valence-electron chi connectivity index (χ1n) is 11.9. The first kappa shape index (κ1) is 22.1. The van der Waals surface area contributed by atoms with Crippen molar-refractivity contribution >= 4 is 11.8 Å². The molecule has 4 rings (SSSR count). The van der Waals surface area contributed by atoms with Gasteiger partial charge >= 0.3 is 0 Å². The molecule has 0 spiro atoms. The van der Waals surface area contributed by atoms with Crippen molar-refractivity contribution in [2.75, 3.05) is 33.3 Å². The summed E-state index contributed by atoms with van der Waals surface area (Å²) in [7, 11) is 1.68. The number of fused-ring (bicyclic) bond motifs is 1. The van der Waals surface area contributed by atoms with Crippen molar-refractivity contribution in [3.63, 3.8) is 0 Å². The van der Waals surface area contributed by atoms with Gasteiger partial charge in [0, 0.05) is 45.1 Å². The van der Waals surface area contributed by atoms with Gasteiger partial charge in [-0.15, -0.1) is 0 Å². The van der Waals surface area contributed by atoms with Crippen LogP contribution in [0, 0.1) is 17.8 Å². The third kappa shape index (κ3) is 4.89. The van der Waals surface area contributed by atoms with Gasteiger partial charge in [0.25, 0.3) is 0 Å². The van der Waals surface area contributed by atoms with Crippen LogP contribution in [0.4, 0.5) is 0 Å². The fourth-order valence-corrected chi connectivity index (χ4v) is 5.97. The van der Waals surface area contributed by atoms with Crippen molar-refractivity contribution < 1.29 is 14.3 Å². The van der Waals surface area contributed by atoms with Crippen molar-refractivity contribution in [2.45, 2.75) is 58.0 Å². The number of carbonyl (C=O) groups is 2. The van der Waals surface area contributed by atoms with E-state index >= 15 is 0 Å². The molecule has 2 amide bonds. The largest absolute Gasteiger partial charge is 0.497 e. The molecule has 0 radical (unpaired) electrons. The van der Waals surface area contributed by atoms with Crippen LogP contribution in [-0.4, -0.2) is 67.0 Å². The number of benzene rings is 1. The lowest BCUT2D eigenvalue weighted by Gasteiger charge is -2.33. The van der Waals surface area contributed by atoms with Crippen LogP contribution in [-0.2, 0) is 16.0 Å². The molecule has 6 heteroatoms. The summed E-state index contributed by atoms with van der Waals surface area (Å²) in [6.45, 7) is 7.53. The molecular weight excluding hydrogens is 390 g/mol. The number of piperidine rings is 1. The van der Waals surface area contributed by atoms with Gasteiger partial charge in [-0.25, -0.2) is 0 Å². The molecule has 2 aliphatic heterocycles. The SMILES string of the molecule is COc1ccc(CCN2C(=O)C[C@H]3[C@H](CNC4CCN(C(C)=O)CC4)[C@@H](C)C[C@H]32)cc1. The molecule has 1 aromatic rings. The molecular formula is C25H37N3O3. The van der Waals surface area contributed by atoms with Crippen LogP contribution in [0.25, 0.3) is 0 Å². The van der Waals surface area contributed by atoms with Crippen molar-refractivity contribution in [3.05, 3.63) is 29.8 Å². The Labute approximate surface area is 186 Å². The zero-order valence-corrected chi connectivity index (χ0v) is 19.2. The quantitative estimate of drug-likeness (QED) is 0.727. The van der Waals surface area contributed by atoms with Gasteiger partial charge in [0.1, 0.15) is 5.75 Å². The number of carbonyl (C=O) groups excluding carboxylic acids is 2. The maximum absolute atomic E-state index is 12.8. The van der Waals surface area contributed by atoms with E-state index in [-0.39, 0.29) is 5.91 Å². The summed E-state index contributed by atoms with van der Waals surface area (Å²) in [5.74, 6) is 3.05. The van der Waals surface area contributed by atoms with Crippen LogP contribution in [0.15, 0.2) is 24.3 Å². The molecule has 3 aliphatic rings. The number of amides is 2. The lowest BCUT2D eigenvalue weighted by molar-refractivity contribution is -0.130. The minimum absolute atomic E-state index is 0.185. The van der Waals surface area contributed by atoms with E-state index in [2.05, 4.69) is 29.3 Å². The van der Waals surface area contributed by atoms with Gasteiger partial charge in [-0.05, 0) is 67.7 Å². The van der Waals surface area contributed by atoms with Crippen LogP contribution in [0.5, 0.6) is 5.75 Å². The van der Waals surface area contributed by atoms with Gasteiger partial charge in [0.15, 0.2) is 0 Å². The number of methoxy groups -OCH3 is 1. The van der Waals surface area contributed by atoms with E-state index in [4.69, 9.17) is 4.74 Å². The van der Waals surface area contributed by atoms with Crippen LogP contribution in [0.2, 0.25) is 0 Å². The fraction of sp³-hybridized carbons (Fsp3) is 0.680. The van der Waals surface area contributed by atoms with Crippen molar-refractivity contribution in [1.29, 1.82) is 0 Å².